The Bertz CT molecular complexity index is 886. The maximum Gasteiger partial charge on any atom is 0.323 e. The van der Waals surface area contributed by atoms with Gasteiger partial charge in [0.15, 0.2) is 0 Å². The molecule has 1 aromatic carbocycles. The number of benzene rings is 1. The fraction of sp³-hybridized carbons (Fsp3) is 0.167. The van der Waals surface area contributed by atoms with Crippen LogP contribution in [-0.4, -0.2) is 21.3 Å². The molecule has 3 N–H and O–H groups in total. The van der Waals surface area contributed by atoms with Gasteiger partial charge in [-0.05, 0) is 42.8 Å². The highest BCUT2D eigenvalue weighted by Crippen LogP contribution is 2.15. The second kappa shape index (κ2) is 7.48. The second-order valence-corrected chi connectivity index (χ2v) is 5.57. The number of carbonyl (C=O) groups excluding carboxylic acids is 2. The van der Waals surface area contributed by atoms with Crippen molar-refractivity contribution in [2.24, 2.45) is 0 Å². The summed E-state index contributed by atoms with van der Waals surface area (Å²) in [5.41, 5.74) is 2.81. The number of pyridine rings is 1. The van der Waals surface area contributed by atoms with E-state index in [-0.39, 0.29) is 11.9 Å². The van der Waals surface area contributed by atoms with E-state index < -0.39 is 0 Å². The molecule has 3 amide bonds. The number of nitrogens with one attached hydrogen (secondary N) is 3. The molecule has 7 nitrogen and oxygen atoms in total. The number of imidazole rings is 1. The lowest BCUT2D eigenvalue weighted by Crippen LogP contribution is -2.19. The average molecular weight is 337 g/mol. The van der Waals surface area contributed by atoms with Crippen LogP contribution in [-0.2, 0) is 4.79 Å². The number of aromatic nitrogens is 2. The van der Waals surface area contributed by atoms with Crippen molar-refractivity contribution in [3.63, 3.8) is 0 Å². The number of nitrogens with zero attached hydrogens (tertiary/aromatic N) is 2. The third kappa shape index (κ3) is 4.35. The minimum atomic E-state index is -0.345. The van der Waals surface area contributed by atoms with Crippen LogP contribution in [0.5, 0.6) is 0 Å². The average Bonchev–Trinajstić information content (AvgIpc) is 3.04. The van der Waals surface area contributed by atoms with Crippen LogP contribution in [0.15, 0.2) is 55.0 Å². The first-order valence-electron chi connectivity index (χ1n) is 8.04. The highest BCUT2D eigenvalue weighted by molar-refractivity contribution is 6.00. The van der Waals surface area contributed by atoms with E-state index in [2.05, 4.69) is 20.9 Å². The van der Waals surface area contributed by atoms with E-state index in [1.54, 1.807) is 42.7 Å². The van der Waals surface area contributed by atoms with Crippen LogP contribution in [0.1, 0.15) is 19.8 Å². The molecule has 0 bridgehead atoms. The first-order chi connectivity index (χ1) is 12.1. The van der Waals surface area contributed by atoms with Gasteiger partial charge in [-0.3, -0.25) is 4.79 Å². The van der Waals surface area contributed by atoms with E-state index in [0.717, 1.165) is 12.1 Å². The second-order valence-electron chi connectivity index (χ2n) is 5.57. The van der Waals surface area contributed by atoms with Crippen LogP contribution >= 0.6 is 0 Å². The van der Waals surface area contributed by atoms with Gasteiger partial charge in [0.05, 0.1) is 5.69 Å². The fourth-order valence-corrected chi connectivity index (χ4v) is 2.37. The molecule has 7 heteroatoms. The van der Waals surface area contributed by atoms with Gasteiger partial charge in [0, 0.05) is 36.4 Å². The smallest absolute Gasteiger partial charge is 0.323 e. The maximum absolute atomic E-state index is 12.1. The van der Waals surface area contributed by atoms with E-state index in [4.69, 9.17) is 0 Å². The normalized spacial score (nSPS) is 10.4. The summed E-state index contributed by atoms with van der Waals surface area (Å²) in [6, 6.07) is 10.2. The lowest BCUT2D eigenvalue weighted by molar-refractivity contribution is -0.116. The van der Waals surface area contributed by atoms with E-state index >= 15 is 0 Å². The molecular weight excluding hydrogens is 318 g/mol. The highest BCUT2D eigenvalue weighted by atomic mass is 16.2. The van der Waals surface area contributed by atoms with Crippen LogP contribution in [0.4, 0.5) is 21.9 Å². The summed E-state index contributed by atoms with van der Waals surface area (Å²) < 4.78 is 1.82. The van der Waals surface area contributed by atoms with Crippen molar-refractivity contribution in [1.82, 2.24) is 9.38 Å². The van der Waals surface area contributed by atoms with Crippen molar-refractivity contribution in [2.75, 3.05) is 16.0 Å². The van der Waals surface area contributed by atoms with Crippen molar-refractivity contribution < 1.29 is 9.59 Å². The Kier molecular flexibility index (Phi) is 4.94. The number of rotatable bonds is 5. The molecule has 0 radical (unpaired) electrons. The van der Waals surface area contributed by atoms with Gasteiger partial charge in [-0.25, -0.2) is 9.78 Å². The minimum absolute atomic E-state index is 0.0177. The molecule has 0 aliphatic rings. The SMILES string of the molecule is CCCC(=O)Nc1ccc(NC(=O)Nc2ccc3nccn3c2)cc1. The monoisotopic (exact) mass is 337 g/mol. The first-order valence-corrected chi connectivity index (χ1v) is 8.04. The Morgan fingerprint density at radius 3 is 2.32 bits per heavy atom. The number of hydrogen-bond acceptors (Lipinski definition) is 3. The molecule has 2 heterocycles. The van der Waals surface area contributed by atoms with E-state index in [1.165, 1.54) is 0 Å². The van der Waals surface area contributed by atoms with Crippen molar-refractivity contribution in [3.05, 3.63) is 55.0 Å². The third-order valence-electron chi connectivity index (χ3n) is 3.55. The number of carbonyl (C=O) groups is 2. The molecule has 0 aliphatic carbocycles. The summed E-state index contributed by atoms with van der Waals surface area (Å²) in [6.45, 7) is 1.95. The molecule has 0 unspecified atom stereocenters. The molecule has 128 valence electrons. The molecule has 0 spiro atoms. The number of urea groups is 1. The Balaban J connectivity index is 1.57. The lowest BCUT2D eigenvalue weighted by Gasteiger charge is -2.09. The van der Waals surface area contributed by atoms with E-state index in [1.807, 2.05) is 23.6 Å². The fourth-order valence-electron chi connectivity index (χ4n) is 2.37. The summed E-state index contributed by atoms with van der Waals surface area (Å²) in [7, 11) is 0. The van der Waals surface area contributed by atoms with Crippen LogP contribution in [0.25, 0.3) is 5.65 Å². The Hall–Kier alpha value is -3.35. The van der Waals surface area contributed by atoms with Crippen molar-refractivity contribution in [1.29, 1.82) is 0 Å². The Morgan fingerprint density at radius 1 is 0.960 bits per heavy atom. The number of hydrogen-bond donors (Lipinski definition) is 3. The molecule has 3 rings (SSSR count). The summed E-state index contributed by atoms with van der Waals surface area (Å²) in [5.74, 6) is -0.0177. The van der Waals surface area contributed by atoms with Crippen LogP contribution in [0, 0.1) is 0 Å². The van der Waals surface area contributed by atoms with Gasteiger partial charge in [-0.2, -0.15) is 0 Å². The predicted octanol–water partition coefficient (Wildman–Crippen LogP) is 3.72. The molecule has 0 fully saturated rings. The molecule has 0 aliphatic heterocycles. The van der Waals surface area contributed by atoms with Crippen LogP contribution < -0.4 is 16.0 Å². The van der Waals surface area contributed by atoms with Gasteiger partial charge in [-0.1, -0.05) is 6.92 Å². The maximum atomic E-state index is 12.1. The zero-order chi connectivity index (χ0) is 17.6. The third-order valence-corrected chi connectivity index (χ3v) is 3.55. The molecule has 2 aromatic heterocycles. The number of fused-ring (bicyclic) bond motifs is 1. The summed E-state index contributed by atoms with van der Waals surface area (Å²) in [5, 5.41) is 8.32. The standard InChI is InChI=1S/C18H19N5O2/c1-2-3-17(24)20-13-4-6-14(7-5-13)21-18(25)22-15-8-9-16-19-10-11-23(16)12-15/h4-12H,2-3H2,1H3,(H,20,24)(H2,21,22,25). The van der Waals surface area contributed by atoms with Crippen molar-refractivity contribution in [2.45, 2.75) is 19.8 Å². The van der Waals surface area contributed by atoms with Crippen LogP contribution in [0.2, 0.25) is 0 Å². The van der Waals surface area contributed by atoms with Crippen molar-refractivity contribution in [3.8, 4) is 0 Å². The molecule has 0 saturated carbocycles. The number of anilines is 3. The van der Waals surface area contributed by atoms with E-state index in [0.29, 0.717) is 23.5 Å². The topological polar surface area (TPSA) is 87.5 Å². The van der Waals surface area contributed by atoms with Crippen LogP contribution in [0.3, 0.4) is 0 Å². The van der Waals surface area contributed by atoms with Gasteiger partial charge < -0.3 is 20.4 Å². The molecular formula is C18H19N5O2. The Labute approximate surface area is 145 Å². The quantitative estimate of drug-likeness (QED) is 0.663. The van der Waals surface area contributed by atoms with Crippen molar-refractivity contribution >= 4 is 34.6 Å². The largest absolute Gasteiger partial charge is 0.326 e. The zero-order valence-electron chi connectivity index (χ0n) is 13.8. The predicted molar refractivity (Wildman–Crippen MR) is 97.8 cm³/mol. The molecule has 0 saturated heterocycles. The van der Waals surface area contributed by atoms with Gasteiger partial charge >= 0.3 is 6.03 Å². The summed E-state index contributed by atoms with van der Waals surface area (Å²) in [6.07, 6.45) is 6.58. The molecule has 0 atom stereocenters. The Morgan fingerprint density at radius 2 is 1.60 bits per heavy atom. The summed E-state index contributed by atoms with van der Waals surface area (Å²) >= 11 is 0. The molecule has 3 aromatic rings. The zero-order valence-corrected chi connectivity index (χ0v) is 13.8. The highest BCUT2D eigenvalue weighted by Gasteiger charge is 2.05. The van der Waals surface area contributed by atoms with Gasteiger partial charge in [0.2, 0.25) is 5.91 Å². The first kappa shape index (κ1) is 16.5. The minimum Gasteiger partial charge on any atom is -0.326 e. The lowest BCUT2D eigenvalue weighted by atomic mass is 10.2. The van der Waals surface area contributed by atoms with E-state index in [9.17, 15) is 9.59 Å². The van der Waals surface area contributed by atoms with Gasteiger partial charge in [-0.15, -0.1) is 0 Å². The summed E-state index contributed by atoms with van der Waals surface area (Å²) in [4.78, 5) is 27.8. The van der Waals surface area contributed by atoms with Gasteiger partial charge in [0.1, 0.15) is 5.65 Å². The molecule has 25 heavy (non-hydrogen) atoms. The van der Waals surface area contributed by atoms with Gasteiger partial charge in [0.25, 0.3) is 0 Å². The number of amides is 3.